The lowest BCUT2D eigenvalue weighted by Gasteiger charge is -2.27. The van der Waals surface area contributed by atoms with Gasteiger partial charge in [0.05, 0.1) is 0 Å². The molecule has 0 atom stereocenters. The maximum absolute atomic E-state index is 11.2. The lowest BCUT2D eigenvalue weighted by Crippen LogP contribution is -2.32. The molecular formula is C33H49N2O2+. The highest BCUT2D eigenvalue weighted by molar-refractivity contribution is 5.49. The van der Waals surface area contributed by atoms with Crippen LogP contribution in [0.4, 0.5) is 0 Å². The van der Waals surface area contributed by atoms with E-state index < -0.39 is 0 Å². The summed E-state index contributed by atoms with van der Waals surface area (Å²) in [7, 11) is 0. The standard InChI is InChI=1S/C33H48N2O2/c1-30(2,3)24-15-22(28(36)26(17-24)32(7,8)9)19-34-13-14-35(21-34)20-23-16-25(31(4,5)6)18-27(29(23)37)33(10,11)12/h13-18,21H,19-20H2,1-12H3,(H-,36,37)/p+1. The van der Waals surface area contributed by atoms with Gasteiger partial charge in [0.15, 0.2) is 0 Å². The second-order valence-corrected chi connectivity index (χ2v) is 14.8. The molecule has 0 spiro atoms. The molecule has 202 valence electrons. The molecule has 3 rings (SSSR count). The van der Waals surface area contributed by atoms with Crippen LogP contribution in [-0.2, 0) is 34.7 Å². The Labute approximate surface area is 225 Å². The molecule has 0 amide bonds. The molecule has 37 heavy (non-hydrogen) atoms. The fourth-order valence-corrected chi connectivity index (χ4v) is 4.66. The summed E-state index contributed by atoms with van der Waals surface area (Å²) in [5.41, 5.74) is 5.92. The highest BCUT2D eigenvalue weighted by Crippen LogP contribution is 2.39. The molecule has 0 aliphatic carbocycles. The third kappa shape index (κ3) is 6.58. The fourth-order valence-electron chi connectivity index (χ4n) is 4.66. The zero-order chi connectivity index (χ0) is 28.1. The quantitative estimate of drug-likeness (QED) is 0.361. The Bertz CT molecular complexity index is 1170. The minimum absolute atomic E-state index is 0.0145. The second-order valence-electron chi connectivity index (χ2n) is 14.8. The van der Waals surface area contributed by atoms with Crippen LogP contribution in [0.15, 0.2) is 43.0 Å². The van der Waals surface area contributed by atoms with Crippen molar-refractivity contribution < 1.29 is 14.8 Å². The summed E-state index contributed by atoms with van der Waals surface area (Å²) >= 11 is 0. The van der Waals surface area contributed by atoms with Gasteiger partial charge in [-0.25, -0.2) is 9.13 Å². The van der Waals surface area contributed by atoms with E-state index in [-0.39, 0.29) is 21.7 Å². The van der Waals surface area contributed by atoms with E-state index in [1.165, 1.54) is 11.1 Å². The van der Waals surface area contributed by atoms with Crippen molar-refractivity contribution >= 4 is 0 Å². The molecule has 2 N–H and O–H groups in total. The van der Waals surface area contributed by atoms with Crippen molar-refractivity contribution in [1.82, 2.24) is 4.57 Å². The van der Waals surface area contributed by atoms with Crippen LogP contribution in [0.3, 0.4) is 0 Å². The van der Waals surface area contributed by atoms with Gasteiger partial charge < -0.3 is 10.2 Å². The predicted octanol–water partition coefficient (Wildman–Crippen LogP) is 7.47. The van der Waals surface area contributed by atoms with Gasteiger partial charge in [0.2, 0.25) is 6.33 Å². The van der Waals surface area contributed by atoms with Crippen LogP contribution < -0.4 is 4.57 Å². The number of aromatic hydroxyl groups is 2. The monoisotopic (exact) mass is 505 g/mol. The largest absolute Gasteiger partial charge is 0.507 e. The fraction of sp³-hybridized carbons (Fsp3) is 0.545. The number of phenols is 2. The Balaban J connectivity index is 1.99. The Kier molecular flexibility index (Phi) is 7.42. The summed E-state index contributed by atoms with van der Waals surface area (Å²) in [6, 6.07) is 8.60. The summed E-state index contributed by atoms with van der Waals surface area (Å²) in [5, 5.41) is 22.4. The zero-order valence-corrected chi connectivity index (χ0v) is 25.2. The minimum Gasteiger partial charge on any atom is -0.507 e. The van der Waals surface area contributed by atoms with Gasteiger partial charge in [-0.3, -0.25) is 0 Å². The van der Waals surface area contributed by atoms with Gasteiger partial charge in [0.25, 0.3) is 0 Å². The van der Waals surface area contributed by atoms with Gasteiger partial charge in [-0.2, -0.15) is 0 Å². The first-order chi connectivity index (χ1) is 16.7. The van der Waals surface area contributed by atoms with Crippen molar-refractivity contribution in [3.8, 4) is 11.5 Å². The lowest BCUT2D eigenvalue weighted by atomic mass is 9.79. The Morgan fingerprint density at radius 3 is 1.49 bits per heavy atom. The molecule has 0 bridgehead atoms. The summed E-state index contributed by atoms with van der Waals surface area (Å²) in [5.74, 6) is 0.761. The van der Waals surface area contributed by atoms with Crippen molar-refractivity contribution in [1.29, 1.82) is 0 Å². The third-order valence-electron chi connectivity index (χ3n) is 7.18. The molecule has 2 aromatic carbocycles. The first-order valence-corrected chi connectivity index (χ1v) is 13.5. The highest BCUT2D eigenvalue weighted by Gasteiger charge is 2.27. The van der Waals surface area contributed by atoms with E-state index in [1.807, 2.05) is 12.4 Å². The van der Waals surface area contributed by atoms with E-state index in [2.05, 4.69) is 123 Å². The average Bonchev–Trinajstić information content (AvgIpc) is 3.14. The maximum Gasteiger partial charge on any atom is 0.244 e. The zero-order valence-electron chi connectivity index (χ0n) is 25.2. The molecule has 4 heteroatoms. The van der Waals surface area contributed by atoms with Crippen LogP contribution in [-0.4, -0.2) is 14.8 Å². The van der Waals surface area contributed by atoms with Crippen LogP contribution in [0.5, 0.6) is 11.5 Å². The second kappa shape index (κ2) is 9.53. The molecule has 0 aliphatic heterocycles. The van der Waals surface area contributed by atoms with Crippen molar-refractivity contribution in [3.63, 3.8) is 0 Å². The Hall–Kier alpha value is -2.75. The Morgan fingerprint density at radius 1 is 0.622 bits per heavy atom. The third-order valence-corrected chi connectivity index (χ3v) is 7.18. The summed E-state index contributed by atoms with van der Waals surface area (Å²) in [6.07, 6.45) is 6.13. The predicted molar refractivity (Wildman–Crippen MR) is 154 cm³/mol. The molecule has 1 aromatic heterocycles. The summed E-state index contributed by atoms with van der Waals surface area (Å²) in [6.45, 7) is 27.3. The van der Waals surface area contributed by atoms with E-state index in [4.69, 9.17) is 0 Å². The number of benzene rings is 2. The highest BCUT2D eigenvalue weighted by atomic mass is 16.3. The molecule has 4 nitrogen and oxygen atoms in total. The van der Waals surface area contributed by atoms with Crippen molar-refractivity contribution in [2.24, 2.45) is 0 Å². The average molecular weight is 506 g/mol. The van der Waals surface area contributed by atoms with E-state index >= 15 is 0 Å². The van der Waals surface area contributed by atoms with Crippen LogP contribution >= 0.6 is 0 Å². The van der Waals surface area contributed by atoms with Gasteiger partial charge in [0.1, 0.15) is 37.0 Å². The molecule has 3 aromatic rings. The molecule has 0 aliphatic rings. The Morgan fingerprint density at radius 2 is 1.05 bits per heavy atom. The topological polar surface area (TPSA) is 49.3 Å². The number of aromatic nitrogens is 2. The molecule has 0 unspecified atom stereocenters. The normalized spacial score (nSPS) is 13.3. The number of phenolic OH excluding ortho intramolecular Hbond substituents is 2. The number of hydrogen-bond acceptors (Lipinski definition) is 2. The van der Waals surface area contributed by atoms with Crippen LogP contribution in [0, 0.1) is 0 Å². The molecular weight excluding hydrogens is 456 g/mol. The van der Waals surface area contributed by atoms with Crippen molar-refractivity contribution in [3.05, 3.63) is 76.4 Å². The van der Waals surface area contributed by atoms with Crippen molar-refractivity contribution in [2.75, 3.05) is 0 Å². The lowest BCUT2D eigenvalue weighted by molar-refractivity contribution is -0.687. The van der Waals surface area contributed by atoms with E-state index in [0.717, 1.165) is 22.3 Å². The number of imidazole rings is 1. The maximum atomic E-state index is 11.2. The van der Waals surface area contributed by atoms with Gasteiger partial charge >= 0.3 is 0 Å². The number of rotatable bonds is 4. The summed E-state index contributed by atoms with van der Waals surface area (Å²) in [4.78, 5) is 0. The van der Waals surface area contributed by atoms with Crippen LogP contribution in [0.25, 0.3) is 0 Å². The smallest absolute Gasteiger partial charge is 0.244 e. The molecule has 0 saturated heterocycles. The molecule has 0 radical (unpaired) electrons. The summed E-state index contributed by atoms with van der Waals surface area (Å²) < 4.78 is 4.20. The number of nitrogens with zero attached hydrogens (tertiary/aromatic N) is 2. The first-order valence-electron chi connectivity index (χ1n) is 13.5. The van der Waals surface area contributed by atoms with Crippen molar-refractivity contribution in [2.45, 2.75) is 118 Å². The van der Waals surface area contributed by atoms with E-state index in [9.17, 15) is 10.2 Å². The van der Waals surface area contributed by atoms with E-state index in [0.29, 0.717) is 24.6 Å². The van der Waals surface area contributed by atoms with Gasteiger partial charge in [0, 0.05) is 11.1 Å². The van der Waals surface area contributed by atoms with Gasteiger partial charge in [-0.05, 0) is 56.0 Å². The minimum atomic E-state index is -0.156. The molecule has 0 fully saturated rings. The first kappa shape index (κ1) is 28.8. The SMILES string of the molecule is CC(C)(C)c1cc(Cn2cc[n+](Cc3cc(C(C)(C)C)cc(C(C)(C)C)c3O)c2)c(O)c(C(C)(C)C)c1. The van der Waals surface area contributed by atoms with E-state index in [1.54, 1.807) is 0 Å². The number of hydrogen-bond donors (Lipinski definition) is 2. The van der Waals surface area contributed by atoms with Gasteiger partial charge in [-0.15, -0.1) is 0 Å². The van der Waals surface area contributed by atoms with Gasteiger partial charge in [-0.1, -0.05) is 95.2 Å². The molecule has 1 heterocycles. The van der Waals surface area contributed by atoms with Crippen LogP contribution in [0.2, 0.25) is 0 Å². The van der Waals surface area contributed by atoms with Crippen LogP contribution in [0.1, 0.15) is 116 Å². The molecule has 0 saturated carbocycles.